The summed E-state index contributed by atoms with van der Waals surface area (Å²) in [4.78, 5) is 50.5. The number of hydrogen-bond acceptors (Lipinski definition) is 12. The first-order chi connectivity index (χ1) is 22.2. The molecule has 0 radical (unpaired) electrons. The van der Waals surface area contributed by atoms with Crippen molar-refractivity contribution < 1.29 is 19.1 Å². The Morgan fingerprint density at radius 1 is 0.694 bits per heavy atom. The van der Waals surface area contributed by atoms with Gasteiger partial charge in [0.15, 0.2) is 0 Å². The molecule has 3 rings (SSSR count). The molecule has 0 aromatic carbocycles. The monoisotopic (exact) mass is 685 g/mol. The van der Waals surface area contributed by atoms with Crippen molar-refractivity contribution in [3.63, 3.8) is 0 Å². The van der Waals surface area contributed by atoms with Crippen molar-refractivity contribution in [2.24, 2.45) is 32.7 Å². The number of esters is 2. The van der Waals surface area contributed by atoms with Crippen LogP contribution in [0.2, 0.25) is 0 Å². The molecule has 2 aliphatic heterocycles. The summed E-state index contributed by atoms with van der Waals surface area (Å²) in [5.41, 5.74) is -3.25. The molecule has 0 bridgehead atoms. The molecule has 2 unspecified atom stereocenters. The predicted octanol–water partition coefficient (Wildman–Crippen LogP) is 6.74. The molecule has 49 heavy (non-hydrogen) atoms. The highest BCUT2D eigenvalue weighted by Gasteiger charge is 2.51. The van der Waals surface area contributed by atoms with E-state index in [1.807, 2.05) is 48.5 Å². The summed E-state index contributed by atoms with van der Waals surface area (Å²) in [7, 11) is 0. The predicted molar refractivity (Wildman–Crippen MR) is 197 cm³/mol. The second-order valence-electron chi connectivity index (χ2n) is 18.2. The van der Waals surface area contributed by atoms with Crippen molar-refractivity contribution in [2.75, 3.05) is 18.5 Å². The molecule has 0 saturated carbocycles. The highest BCUT2D eigenvalue weighted by molar-refractivity contribution is 5.96. The molecule has 2 aliphatic rings. The smallest absolute Gasteiger partial charge is 0.317 e. The first-order valence-corrected chi connectivity index (χ1v) is 17.8. The average molecular weight is 685 g/mol. The molecule has 12 nitrogen and oxygen atoms in total. The minimum atomic E-state index is -1.04. The Kier molecular flexibility index (Phi) is 11.8. The Bertz CT molecular complexity index is 1290. The van der Waals surface area contributed by atoms with Crippen molar-refractivity contribution in [1.82, 2.24) is 25.6 Å². The largest absolute Gasteiger partial charge is 0.465 e. The lowest BCUT2D eigenvalue weighted by Crippen LogP contribution is -2.61. The Morgan fingerprint density at radius 2 is 1.02 bits per heavy atom. The molecule has 1 aromatic heterocycles. The Labute approximate surface area is 294 Å². The van der Waals surface area contributed by atoms with Crippen LogP contribution in [0.4, 0.5) is 17.8 Å². The molecule has 3 heterocycles. The molecular weight excluding hydrogens is 620 g/mol. The van der Waals surface area contributed by atoms with E-state index in [9.17, 15) is 9.59 Å². The maximum atomic E-state index is 13.6. The van der Waals surface area contributed by atoms with Crippen LogP contribution in [-0.2, 0) is 19.1 Å². The van der Waals surface area contributed by atoms with E-state index in [1.54, 1.807) is 12.4 Å². The van der Waals surface area contributed by atoms with Gasteiger partial charge in [-0.1, -0.05) is 0 Å². The lowest BCUT2D eigenvalue weighted by atomic mass is 9.64. The first-order valence-electron chi connectivity index (χ1n) is 17.8. The number of piperidine rings is 2. The number of carbonyl (C=O) groups is 2. The lowest BCUT2D eigenvalue weighted by molar-refractivity contribution is -0.155. The number of nitrogens with zero attached hydrogens (tertiary/aromatic N) is 5. The maximum absolute atomic E-state index is 13.6. The third-order valence-electron chi connectivity index (χ3n) is 9.50. The first kappa shape index (κ1) is 40.4. The van der Waals surface area contributed by atoms with Crippen LogP contribution in [-0.4, -0.2) is 80.2 Å². The van der Waals surface area contributed by atoms with Gasteiger partial charge in [-0.25, -0.2) is 9.98 Å². The number of anilines is 1. The molecule has 12 heteroatoms. The van der Waals surface area contributed by atoms with Gasteiger partial charge in [-0.3, -0.25) is 9.59 Å². The summed E-state index contributed by atoms with van der Waals surface area (Å²) >= 11 is 0. The molecule has 2 saturated heterocycles. The van der Waals surface area contributed by atoms with Gasteiger partial charge in [0.2, 0.25) is 5.95 Å². The summed E-state index contributed by atoms with van der Waals surface area (Å²) in [6.45, 7) is 31.1. The zero-order valence-corrected chi connectivity index (χ0v) is 32.9. The zero-order valence-electron chi connectivity index (χ0n) is 32.9. The summed E-state index contributed by atoms with van der Waals surface area (Å²) in [6.07, 6.45) is 6.27. The van der Waals surface area contributed by atoms with Gasteiger partial charge in [0, 0.05) is 40.1 Å². The third kappa shape index (κ3) is 10.7. The van der Waals surface area contributed by atoms with E-state index < -0.39 is 10.8 Å². The minimum Gasteiger partial charge on any atom is -0.465 e. The number of aromatic nitrogens is 3. The van der Waals surface area contributed by atoms with Crippen molar-refractivity contribution in [1.29, 1.82) is 0 Å². The molecule has 0 amide bonds. The van der Waals surface area contributed by atoms with Gasteiger partial charge in [0.1, 0.15) is 10.8 Å². The van der Waals surface area contributed by atoms with Gasteiger partial charge in [-0.2, -0.15) is 15.0 Å². The molecule has 1 aromatic rings. The normalized spacial score (nSPS) is 23.5. The quantitative estimate of drug-likeness (QED) is 0.169. The Balaban J connectivity index is 2.12. The molecule has 2 fully saturated rings. The van der Waals surface area contributed by atoms with Crippen LogP contribution < -0.4 is 16.0 Å². The summed E-state index contributed by atoms with van der Waals surface area (Å²) in [6, 6.07) is 0. The van der Waals surface area contributed by atoms with Gasteiger partial charge in [-0.15, -0.1) is 0 Å². The summed E-state index contributed by atoms with van der Waals surface area (Å²) < 4.78 is 11.2. The van der Waals surface area contributed by atoms with Crippen LogP contribution in [0.5, 0.6) is 0 Å². The Hall–Kier alpha value is -2.99. The molecule has 0 spiro atoms. The third-order valence-corrected chi connectivity index (χ3v) is 9.50. The summed E-state index contributed by atoms with van der Waals surface area (Å²) in [5.74, 6) is -0.316. The van der Waals surface area contributed by atoms with E-state index in [1.165, 1.54) is 0 Å². The molecule has 0 aliphatic carbocycles. The van der Waals surface area contributed by atoms with Crippen LogP contribution in [0.15, 0.2) is 9.98 Å². The van der Waals surface area contributed by atoms with Crippen molar-refractivity contribution in [3.8, 4) is 0 Å². The maximum Gasteiger partial charge on any atom is 0.317 e. The SMILES string of the molecule is CCOC(=O)C(C)(C=Nc1nc(N=CC(C)(C(=O)OCC)C2CC(C)(C)NC(C)(C)C2)nc(NC(C)(C)C)n1)C1CC(C)(C)NC(C)(C)C1. The van der Waals surface area contributed by atoms with E-state index in [0.29, 0.717) is 0 Å². The topological polar surface area (TPSA) is 152 Å². The number of aliphatic imine (C=N–C) groups is 2. The second-order valence-corrected chi connectivity index (χ2v) is 18.2. The number of rotatable bonds is 11. The van der Waals surface area contributed by atoms with Crippen LogP contribution in [0.1, 0.15) is 130 Å². The minimum absolute atomic E-state index is 0.0585. The van der Waals surface area contributed by atoms with Crippen LogP contribution in [0.25, 0.3) is 0 Å². The highest BCUT2D eigenvalue weighted by atomic mass is 16.5. The summed E-state index contributed by atoms with van der Waals surface area (Å²) in [5, 5.41) is 10.7. The van der Waals surface area contributed by atoms with E-state index in [2.05, 4.69) is 86.3 Å². The van der Waals surface area contributed by atoms with Crippen LogP contribution >= 0.6 is 0 Å². The number of hydrogen-bond donors (Lipinski definition) is 3. The van der Waals surface area contributed by atoms with Gasteiger partial charge >= 0.3 is 11.9 Å². The standard InChI is InChI=1S/C37H64N8O4/c1-16-48-26(46)36(14,24-18-32(6,7)44-33(8,9)19-24)22-38-28-40-29(42-30(41-28)43-31(3,4)5)39-23-37(15,27(47)49-17-2)25-20-34(10,11)45-35(12,13)21-25/h22-25,44-45H,16-21H2,1-15H3,(H,40,41,42,43). The van der Waals surface area contributed by atoms with Crippen LogP contribution in [0, 0.1) is 22.7 Å². The lowest BCUT2D eigenvalue weighted by Gasteiger charge is -2.50. The number of nitrogens with one attached hydrogen (secondary N) is 3. The van der Waals surface area contributed by atoms with Gasteiger partial charge < -0.3 is 25.4 Å². The van der Waals surface area contributed by atoms with E-state index >= 15 is 0 Å². The van der Waals surface area contributed by atoms with Crippen molar-refractivity contribution >= 4 is 42.2 Å². The fourth-order valence-corrected chi connectivity index (χ4v) is 7.96. The fourth-order valence-electron chi connectivity index (χ4n) is 7.96. The average Bonchev–Trinajstić information content (AvgIpc) is 2.90. The molecule has 276 valence electrons. The van der Waals surface area contributed by atoms with E-state index in [0.717, 1.165) is 25.7 Å². The second kappa shape index (κ2) is 14.3. The van der Waals surface area contributed by atoms with E-state index in [4.69, 9.17) is 19.5 Å². The van der Waals surface area contributed by atoms with E-state index in [-0.39, 0.29) is 82.5 Å². The van der Waals surface area contributed by atoms with Crippen molar-refractivity contribution in [2.45, 2.75) is 157 Å². The van der Waals surface area contributed by atoms with Crippen LogP contribution in [0.3, 0.4) is 0 Å². The number of carbonyl (C=O) groups excluding carboxylic acids is 2. The molecule has 2 atom stereocenters. The van der Waals surface area contributed by atoms with Gasteiger partial charge in [0.05, 0.1) is 13.2 Å². The van der Waals surface area contributed by atoms with Gasteiger partial charge in [-0.05, 0) is 141 Å². The highest BCUT2D eigenvalue weighted by Crippen LogP contribution is 2.45. The Morgan fingerprint density at radius 3 is 1.31 bits per heavy atom. The molecular formula is C37H64N8O4. The molecule has 3 N–H and O–H groups in total. The fraction of sp³-hybridized carbons (Fsp3) is 0.811. The van der Waals surface area contributed by atoms with Gasteiger partial charge in [0.25, 0.3) is 11.9 Å². The van der Waals surface area contributed by atoms with Crippen molar-refractivity contribution in [3.05, 3.63) is 0 Å². The number of ether oxygens (including phenoxy) is 2. The zero-order chi connectivity index (χ0) is 37.3.